The van der Waals surface area contributed by atoms with Gasteiger partial charge in [-0.25, -0.2) is 4.31 Å². The smallest absolute Gasteiger partial charge is 0.304 e. The predicted molar refractivity (Wildman–Crippen MR) is 140 cm³/mol. The molecule has 1 atom stereocenters. The Morgan fingerprint density at radius 2 is 1.66 bits per heavy atom. The van der Waals surface area contributed by atoms with E-state index in [1.807, 2.05) is 52.0 Å². The van der Waals surface area contributed by atoms with Crippen LogP contribution in [0.1, 0.15) is 38.3 Å². The number of nitrogens with one attached hydrogen (secondary N) is 1. The van der Waals surface area contributed by atoms with E-state index >= 15 is 0 Å². The Kier molecular flexibility index (Phi) is 10.3. The maximum absolute atomic E-state index is 13.7. The number of aryl methyl sites for hydroxylation is 1. The summed E-state index contributed by atoms with van der Waals surface area (Å²) >= 11 is 0. The monoisotopic (exact) mass is 502 g/mol. The Labute approximate surface area is 210 Å². The van der Waals surface area contributed by atoms with Crippen LogP contribution in [0.25, 0.3) is 0 Å². The van der Waals surface area contributed by atoms with Crippen LogP contribution in [0.15, 0.2) is 54.6 Å². The minimum absolute atomic E-state index is 0.193. The maximum Gasteiger partial charge on any atom is 0.304 e. The second-order valence-corrected chi connectivity index (χ2v) is 11.3. The van der Waals surface area contributed by atoms with E-state index in [0.29, 0.717) is 18.7 Å². The highest BCUT2D eigenvalue weighted by molar-refractivity contribution is 7.90. The molecule has 2 amide bonds. The van der Waals surface area contributed by atoms with Gasteiger partial charge in [0.25, 0.3) is 0 Å². The molecule has 0 bridgehead atoms. The number of para-hydroxylation sites is 1. The number of hydrogen-bond acceptors (Lipinski definition) is 4. The first-order valence-corrected chi connectivity index (χ1v) is 13.2. The normalized spacial score (nSPS) is 12.5. The van der Waals surface area contributed by atoms with E-state index in [1.54, 1.807) is 30.3 Å². The molecule has 0 unspecified atom stereocenters. The van der Waals surface area contributed by atoms with Gasteiger partial charge in [0.05, 0.1) is 5.69 Å². The van der Waals surface area contributed by atoms with Crippen LogP contribution in [0, 0.1) is 12.8 Å². The van der Waals surface area contributed by atoms with Gasteiger partial charge in [0.15, 0.2) is 0 Å². The molecule has 0 spiro atoms. The summed E-state index contributed by atoms with van der Waals surface area (Å²) in [6.45, 7) is 8.07. The molecule has 0 saturated heterocycles. The van der Waals surface area contributed by atoms with Gasteiger partial charge in [0.2, 0.25) is 11.8 Å². The molecule has 2 rings (SSSR count). The molecule has 0 fully saturated rings. The van der Waals surface area contributed by atoms with E-state index in [9.17, 15) is 18.0 Å². The molecule has 2 aromatic carbocycles. The molecule has 1 N–H and O–H groups in total. The lowest BCUT2D eigenvalue weighted by atomic mass is 10.1. The summed E-state index contributed by atoms with van der Waals surface area (Å²) < 4.78 is 28.4. The van der Waals surface area contributed by atoms with Crippen LogP contribution in [0.5, 0.6) is 0 Å². The SMILES string of the molecule is CC[C@H](C(=O)NCC(C)C)N(Cc1cccc(C)c1)C(=O)CN(c1ccccc1)S(=O)(=O)N(C)C. The van der Waals surface area contributed by atoms with E-state index < -0.39 is 28.7 Å². The van der Waals surface area contributed by atoms with E-state index in [1.165, 1.54) is 19.0 Å². The Morgan fingerprint density at radius 1 is 1.00 bits per heavy atom. The zero-order valence-corrected chi connectivity index (χ0v) is 22.4. The lowest BCUT2D eigenvalue weighted by Crippen LogP contribution is -2.53. The number of benzene rings is 2. The van der Waals surface area contributed by atoms with E-state index in [4.69, 9.17) is 0 Å². The first-order valence-electron chi connectivity index (χ1n) is 11.8. The molecular formula is C26H38N4O4S. The third-order valence-electron chi connectivity index (χ3n) is 5.57. The lowest BCUT2D eigenvalue weighted by molar-refractivity contribution is -0.140. The van der Waals surface area contributed by atoms with Gasteiger partial charge in [-0.1, -0.05) is 68.8 Å². The number of hydrogen-bond donors (Lipinski definition) is 1. The number of nitrogens with zero attached hydrogens (tertiary/aromatic N) is 3. The largest absolute Gasteiger partial charge is 0.354 e. The molecule has 9 heteroatoms. The first kappa shape index (κ1) is 28.3. The van der Waals surface area contributed by atoms with Crippen LogP contribution in [-0.4, -0.2) is 62.7 Å². The molecule has 0 aliphatic rings. The van der Waals surface area contributed by atoms with Crippen molar-refractivity contribution in [3.63, 3.8) is 0 Å². The fraction of sp³-hybridized carbons (Fsp3) is 0.462. The van der Waals surface area contributed by atoms with Crippen molar-refractivity contribution < 1.29 is 18.0 Å². The number of anilines is 1. The highest BCUT2D eigenvalue weighted by atomic mass is 32.2. The number of amides is 2. The molecule has 192 valence electrons. The van der Waals surface area contributed by atoms with Crippen LogP contribution < -0.4 is 9.62 Å². The zero-order chi connectivity index (χ0) is 26.2. The Balaban J connectivity index is 2.46. The van der Waals surface area contributed by atoms with Gasteiger partial charge >= 0.3 is 10.2 Å². The highest BCUT2D eigenvalue weighted by Crippen LogP contribution is 2.21. The van der Waals surface area contributed by atoms with Gasteiger partial charge in [-0.15, -0.1) is 0 Å². The molecule has 35 heavy (non-hydrogen) atoms. The van der Waals surface area contributed by atoms with E-state index in [2.05, 4.69) is 5.32 Å². The Bertz CT molecular complexity index is 1090. The summed E-state index contributed by atoms with van der Waals surface area (Å²) in [7, 11) is -1.11. The summed E-state index contributed by atoms with van der Waals surface area (Å²) in [5.41, 5.74) is 2.28. The fourth-order valence-electron chi connectivity index (χ4n) is 3.66. The molecule has 0 aliphatic carbocycles. The fourth-order valence-corrected chi connectivity index (χ4v) is 4.72. The Hall–Kier alpha value is -2.91. The molecule has 8 nitrogen and oxygen atoms in total. The summed E-state index contributed by atoms with van der Waals surface area (Å²) in [4.78, 5) is 28.3. The van der Waals surface area contributed by atoms with Gasteiger partial charge in [-0.2, -0.15) is 12.7 Å². The van der Waals surface area contributed by atoms with Crippen LogP contribution >= 0.6 is 0 Å². The Morgan fingerprint density at radius 3 is 2.20 bits per heavy atom. The summed E-state index contributed by atoms with van der Waals surface area (Å²) in [6.07, 6.45) is 0.396. The number of carbonyl (C=O) groups is 2. The predicted octanol–water partition coefficient (Wildman–Crippen LogP) is 3.19. The van der Waals surface area contributed by atoms with Crippen molar-refractivity contribution in [1.29, 1.82) is 0 Å². The van der Waals surface area contributed by atoms with Crippen molar-refractivity contribution >= 4 is 27.7 Å². The van der Waals surface area contributed by atoms with E-state index in [-0.39, 0.29) is 18.4 Å². The molecule has 0 saturated carbocycles. The first-order chi connectivity index (χ1) is 16.5. The van der Waals surface area contributed by atoms with Gasteiger partial charge in [-0.3, -0.25) is 9.59 Å². The molecule has 0 aliphatic heterocycles. The average molecular weight is 503 g/mol. The van der Waals surface area contributed by atoms with Crippen LogP contribution in [0.3, 0.4) is 0 Å². The van der Waals surface area contributed by atoms with E-state index in [0.717, 1.165) is 19.7 Å². The number of rotatable bonds is 12. The molecule has 0 aromatic heterocycles. The molecular weight excluding hydrogens is 464 g/mol. The summed E-state index contributed by atoms with van der Waals surface area (Å²) in [6, 6.07) is 15.5. The third kappa shape index (κ3) is 7.80. The van der Waals surface area contributed by atoms with Crippen LogP contribution in [0.2, 0.25) is 0 Å². The van der Waals surface area contributed by atoms with Crippen LogP contribution in [-0.2, 0) is 26.3 Å². The van der Waals surface area contributed by atoms with Crippen molar-refractivity contribution in [2.75, 3.05) is 31.5 Å². The highest BCUT2D eigenvalue weighted by Gasteiger charge is 2.33. The van der Waals surface area contributed by atoms with Gasteiger partial charge in [-0.05, 0) is 37.0 Å². The van der Waals surface area contributed by atoms with Gasteiger partial charge in [0.1, 0.15) is 12.6 Å². The lowest BCUT2D eigenvalue weighted by Gasteiger charge is -2.34. The summed E-state index contributed by atoms with van der Waals surface area (Å²) in [5.74, 6) is -0.438. The minimum Gasteiger partial charge on any atom is -0.354 e. The summed E-state index contributed by atoms with van der Waals surface area (Å²) in [5, 5.41) is 2.93. The standard InChI is InChI=1S/C26H38N4O4S/c1-7-24(26(32)27-17-20(2)3)29(18-22-13-11-12-21(4)16-22)25(31)19-30(35(33,34)28(5)6)23-14-9-8-10-15-23/h8-16,20,24H,7,17-19H2,1-6H3,(H,27,32)/t24-/m1/s1. The molecule has 0 radical (unpaired) electrons. The number of carbonyl (C=O) groups excluding carboxylic acids is 2. The van der Waals surface area contributed by atoms with Gasteiger partial charge < -0.3 is 10.2 Å². The quantitative estimate of drug-likeness (QED) is 0.483. The van der Waals surface area contributed by atoms with Crippen molar-refractivity contribution in [3.8, 4) is 0 Å². The molecule has 0 heterocycles. The van der Waals surface area contributed by atoms with Crippen LogP contribution in [0.4, 0.5) is 5.69 Å². The van der Waals surface area contributed by atoms with Crippen molar-refractivity contribution in [1.82, 2.24) is 14.5 Å². The molecule has 2 aromatic rings. The van der Waals surface area contributed by atoms with Crippen molar-refractivity contribution in [2.45, 2.75) is 46.7 Å². The van der Waals surface area contributed by atoms with Gasteiger partial charge in [0, 0.05) is 27.2 Å². The van der Waals surface area contributed by atoms with Crippen molar-refractivity contribution in [2.24, 2.45) is 5.92 Å². The van der Waals surface area contributed by atoms with Crippen molar-refractivity contribution in [3.05, 3.63) is 65.7 Å². The second-order valence-electron chi connectivity index (χ2n) is 9.21. The topological polar surface area (TPSA) is 90.0 Å². The maximum atomic E-state index is 13.7. The minimum atomic E-state index is -3.96. The zero-order valence-electron chi connectivity index (χ0n) is 21.6. The average Bonchev–Trinajstić information content (AvgIpc) is 2.81. The third-order valence-corrected chi connectivity index (χ3v) is 7.39. The second kappa shape index (κ2) is 12.7.